The van der Waals surface area contributed by atoms with Crippen LogP contribution in [0.15, 0.2) is 42.5 Å². The van der Waals surface area contributed by atoms with Gasteiger partial charge in [-0.1, -0.05) is 17.7 Å². The van der Waals surface area contributed by atoms with Crippen molar-refractivity contribution in [3.05, 3.63) is 53.1 Å². The lowest BCUT2D eigenvalue weighted by atomic mass is 10.2. The normalized spacial score (nSPS) is 11.6. The SMILES string of the molecule is COc1ccc(C)cc1NC(C)C(=O)Nc1ccc(Cl)cc1. The lowest BCUT2D eigenvalue weighted by molar-refractivity contribution is -0.116. The smallest absolute Gasteiger partial charge is 0.246 e. The number of methoxy groups -OCH3 is 1. The molecule has 0 spiro atoms. The van der Waals surface area contributed by atoms with Crippen molar-refractivity contribution in [3.63, 3.8) is 0 Å². The van der Waals surface area contributed by atoms with Crippen LogP contribution in [0.5, 0.6) is 5.75 Å². The Morgan fingerprint density at radius 3 is 2.50 bits per heavy atom. The second-order valence-corrected chi connectivity index (χ2v) is 5.50. The summed E-state index contributed by atoms with van der Waals surface area (Å²) in [5, 5.41) is 6.64. The molecule has 1 atom stereocenters. The summed E-state index contributed by atoms with van der Waals surface area (Å²) in [6, 6.07) is 12.4. The molecule has 1 unspecified atom stereocenters. The average Bonchev–Trinajstić information content (AvgIpc) is 2.49. The summed E-state index contributed by atoms with van der Waals surface area (Å²) in [5.41, 5.74) is 2.59. The molecule has 1 amide bonds. The number of ether oxygens (including phenoxy) is 1. The molecule has 2 rings (SSSR count). The van der Waals surface area contributed by atoms with Crippen LogP contribution in [-0.4, -0.2) is 19.1 Å². The Morgan fingerprint density at radius 2 is 1.86 bits per heavy atom. The van der Waals surface area contributed by atoms with E-state index in [1.54, 1.807) is 38.3 Å². The fourth-order valence-electron chi connectivity index (χ4n) is 2.02. The Balaban J connectivity index is 2.05. The van der Waals surface area contributed by atoms with Gasteiger partial charge in [-0.05, 0) is 55.8 Å². The molecule has 2 aromatic rings. The summed E-state index contributed by atoms with van der Waals surface area (Å²) in [6.07, 6.45) is 0. The van der Waals surface area contributed by atoms with Crippen molar-refractivity contribution in [1.29, 1.82) is 0 Å². The van der Waals surface area contributed by atoms with Crippen molar-refractivity contribution in [1.82, 2.24) is 0 Å². The van der Waals surface area contributed by atoms with Crippen LogP contribution < -0.4 is 15.4 Å². The van der Waals surface area contributed by atoms with E-state index < -0.39 is 6.04 Å². The summed E-state index contributed by atoms with van der Waals surface area (Å²) in [4.78, 5) is 12.2. The fraction of sp³-hybridized carbons (Fsp3) is 0.235. The van der Waals surface area contributed by atoms with Gasteiger partial charge < -0.3 is 15.4 Å². The minimum absolute atomic E-state index is 0.133. The minimum atomic E-state index is -0.411. The highest BCUT2D eigenvalue weighted by Crippen LogP contribution is 2.26. The summed E-state index contributed by atoms with van der Waals surface area (Å²) < 4.78 is 5.30. The van der Waals surface area contributed by atoms with Gasteiger partial charge in [-0.2, -0.15) is 0 Å². The van der Waals surface area contributed by atoms with Gasteiger partial charge in [0.25, 0.3) is 0 Å². The van der Waals surface area contributed by atoms with Gasteiger partial charge in [-0.3, -0.25) is 4.79 Å². The third-order valence-corrected chi connectivity index (χ3v) is 3.48. The molecule has 0 bridgehead atoms. The molecule has 4 nitrogen and oxygen atoms in total. The number of benzene rings is 2. The molecule has 0 aromatic heterocycles. The first-order valence-electron chi connectivity index (χ1n) is 6.97. The number of hydrogen-bond donors (Lipinski definition) is 2. The maximum atomic E-state index is 12.2. The number of carbonyl (C=O) groups is 1. The molecular formula is C17H19ClN2O2. The Bertz CT molecular complexity index is 656. The van der Waals surface area contributed by atoms with Crippen LogP contribution in [0.1, 0.15) is 12.5 Å². The van der Waals surface area contributed by atoms with Crippen LogP contribution in [0.3, 0.4) is 0 Å². The molecule has 0 saturated carbocycles. The largest absolute Gasteiger partial charge is 0.495 e. The highest BCUT2D eigenvalue weighted by atomic mass is 35.5. The molecule has 0 aliphatic carbocycles. The third-order valence-electron chi connectivity index (χ3n) is 3.23. The summed E-state index contributed by atoms with van der Waals surface area (Å²) >= 11 is 5.83. The van der Waals surface area contributed by atoms with E-state index in [0.29, 0.717) is 16.5 Å². The number of carbonyl (C=O) groups excluding carboxylic acids is 1. The summed E-state index contributed by atoms with van der Waals surface area (Å²) in [5.74, 6) is 0.572. The quantitative estimate of drug-likeness (QED) is 0.872. The Kier molecular flexibility index (Phi) is 5.28. The molecule has 116 valence electrons. The molecule has 0 aliphatic heterocycles. The average molecular weight is 319 g/mol. The number of hydrogen-bond acceptors (Lipinski definition) is 3. The maximum Gasteiger partial charge on any atom is 0.246 e. The van der Waals surface area contributed by atoms with Crippen molar-refractivity contribution in [3.8, 4) is 5.75 Å². The van der Waals surface area contributed by atoms with Gasteiger partial charge in [-0.25, -0.2) is 0 Å². The fourth-order valence-corrected chi connectivity index (χ4v) is 2.14. The molecule has 0 heterocycles. The molecule has 2 N–H and O–H groups in total. The second-order valence-electron chi connectivity index (χ2n) is 5.07. The third kappa shape index (κ3) is 4.15. The highest BCUT2D eigenvalue weighted by Gasteiger charge is 2.15. The van der Waals surface area contributed by atoms with E-state index in [4.69, 9.17) is 16.3 Å². The predicted octanol–water partition coefficient (Wildman–Crippen LogP) is 4.10. The van der Waals surface area contributed by atoms with Crippen molar-refractivity contribution in [2.75, 3.05) is 17.7 Å². The molecule has 22 heavy (non-hydrogen) atoms. The maximum absolute atomic E-state index is 12.2. The number of rotatable bonds is 5. The zero-order chi connectivity index (χ0) is 16.1. The number of anilines is 2. The van der Waals surface area contributed by atoms with E-state index in [2.05, 4.69) is 10.6 Å². The topological polar surface area (TPSA) is 50.4 Å². The number of aryl methyl sites for hydroxylation is 1. The Labute approximate surface area is 135 Å². The van der Waals surface area contributed by atoms with Crippen molar-refractivity contribution >= 4 is 28.9 Å². The number of halogens is 1. The van der Waals surface area contributed by atoms with E-state index in [1.807, 2.05) is 25.1 Å². The summed E-state index contributed by atoms with van der Waals surface area (Å²) in [7, 11) is 1.61. The monoisotopic (exact) mass is 318 g/mol. The predicted molar refractivity (Wildman–Crippen MR) is 90.9 cm³/mol. The van der Waals surface area contributed by atoms with E-state index >= 15 is 0 Å². The van der Waals surface area contributed by atoms with Gasteiger partial charge >= 0.3 is 0 Å². The molecule has 0 radical (unpaired) electrons. The van der Waals surface area contributed by atoms with E-state index in [1.165, 1.54) is 0 Å². The lowest BCUT2D eigenvalue weighted by Crippen LogP contribution is -2.32. The molecule has 2 aromatic carbocycles. The number of nitrogens with one attached hydrogen (secondary N) is 2. The molecule has 0 saturated heterocycles. The van der Waals surface area contributed by atoms with Crippen LogP contribution in [-0.2, 0) is 4.79 Å². The van der Waals surface area contributed by atoms with Gasteiger partial charge in [0, 0.05) is 10.7 Å². The van der Waals surface area contributed by atoms with E-state index in [0.717, 1.165) is 11.3 Å². The lowest BCUT2D eigenvalue weighted by Gasteiger charge is -2.18. The Hall–Kier alpha value is -2.20. The molecule has 0 aliphatic rings. The molecule has 5 heteroatoms. The number of amides is 1. The van der Waals surface area contributed by atoms with Crippen molar-refractivity contribution < 1.29 is 9.53 Å². The Morgan fingerprint density at radius 1 is 1.18 bits per heavy atom. The molecule has 0 fully saturated rings. The van der Waals surface area contributed by atoms with Crippen LogP contribution >= 0.6 is 11.6 Å². The van der Waals surface area contributed by atoms with Crippen LogP contribution in [0.25, 0.3) is 0 Å². The highest BCUT2D eigenvalue weighted by molar-refractivity contribution is 6.30. The zero-order valence-corrected chi connectivity index (χ0v) is 13.6. The van der Waals surface area contributed by atoms with Gasteiger partial charge in [0.2, 0.25) is 5.91 Å². The minimum Gasteiger partial charge on any atom is -0.495 e. The second kappa shape index (κ2) is 7.18. The van der Waals surface area contributed by atoms with Gasteiger partial charge in [0.05, 0.1) is 12.8 Å². The first kappa shape index (κ1) is 16.2. The van der Waals surface area contributed by atoms with Crippen molar-refractivity contribution in [2.45, 2.75) is 19.9 Å². The van der Waals surface area contributed by atoms with Gasteiger partial charge in [0.15, 0.2) is 0 Å². The zero-order valence-electron chi connectivity index (χ0n) is 12.8. The van der Waals surface area contributed by atoms with Gasteiger partial charge in [-0.15, -0.1) is 0 Å². The van der Waals surface area contributed by atoms with Crippen LogP contribution in [0, 0.1) is 6.92 Å². The van der Waals surface area contributed by atoms with Crippen LogP contribution in [0.4, 0.5) is 11.4 Å². The standard InChI is InChI=1S/C17H19ClN2O2/c1-11-4-9-16(22-3)15(10-11)19-12(2)17(21)20-14-7-5-13(18)6-8-14/h4-10,12,19H,1-3H3,(H,20,21). The summed E-state index contributed by atoms with van der Waals surface area (Å²) in [6.45, 7) is 3.79. The first-order valence-corrected chi connectivity index (χ1v) is 7.35. The van der Waals surface area contributed by atoms with Crippen LogP contribution in [0.2, 0.25) is 5.02 Å². The van der Waals surface area contributed by atoms with Gasteiger partial charge in [0.1, 0.15) is 11.8 Å². The first-order chi connectivity index (χ1) is 10.5. The molecular weight excluding hydrogens is 300 g/mol. The van der Waals surface area contributed by atoms with E-state index in [9.17, 15) is 4.79 Å². The van der Waals surface area contributed by atoms with Crippen molar-refractivity contribution in [2.24, 2.45) is 0 Å². The van der Waals surface area contributed by atoms with E-state index in [-0.39, 0.29) is 5.91 Å².